The lowest BCUT2D eigenvalue weighted by Gasteiger charge is -2.15. The summed E-state index contributed by atoms with van der Waals surface area (Å²) in [6.45, 7) is 1.68. The van der Waals surface area contributed by atoms with Crippen molar-refractivity contribution in [1.82, 2.24) is 10.2 Å². The average Bonchev–Trinajstić information content (AvgIpc) is 3.29. The summed E-state index contributed by atoms with van der Waals surface area (Å²) in [5.74, 6) is 0.107. The maximum Gasteiger partial charge on any atom is 0.263 e. The van der Waals surface area contributed by atoms with Gasteiger partial charge in [-0.15, -0.1) is 0 Å². The predicted molar refractivity (Wildman–Crippen MR) is 118 cm³/mol. The van der Waals surface area contributed by atoms with Gasteiger partial charge in [-0.1, -0.05) is 11.6 Å². The molecule has 0 spiro atoms. The van der Waals surface area contributed by atoms with E-state index in [1.165, 1.54) is 25.3 Å². The number of nitrogens with zero attached hydrogens (tertiary/aromatic N) is 1. The van der Waals surface area contributed by atoms with Crippen molar-refractivity contribution < 1.29 is 22.7 Å². The number of benzene rings is 2. The molecule has 3 rings (SSSR count). The first-order chi connectivity index (χ1) is 14.8. The summed E-state index contributed by atoms with van der Waals surface area (Å²) in [5, 5.41) is 2.64. The molecule has 1 fully saturated rings. The van der Waals surface area contributed by atoms with Crippen LogP contribution in [-0.2, 0) is 14.8 Å². The molecule has 8 nitrogen and oxygen atoms in total. The number of nitrogens with one attached hydrogen (secondary N) is 2. The summed E-state index contributed by atoms with van der Waals surface area (Å²) < 4.78 is 33.1. The van der Waals surface area contributed by atoms with Crippen LogP contribution in [0.5, 0.6) is 5.75 Å². The first-order valence-corrected chi connectivity index (χ1v) is 11.7. The molecule has 31 heavy (non-hydrogen) atoms. The van der Waals surface area contributed by atoms with Crippen LogP contribution < -0.4 is 14.8 Å². The number of ether oxygens (including phenoxy) is 1. The maximum atomic E-state index is 12.8. The number of carbonyl (C=O) groups excluding carboxylic acids is 2. The molecule has 2 aromatic carbocycles. The van der Waals surface area contributed by atoms with E-state index in [4.69, 9.17) is 16.3 Å². The minimum absolute atomic E-state index is 0.000800. The molecule has 2 N–H and O–H groups in total. The van der Waals surface area contributed by atoms with Crippen LogP contribution in [0.15, 0.2) is 47.4 Å². The van der Waals surface area contributed by atoms with Crippen molar-refractivity contribution in [3.63, 3.8) is 0 Å². The number of rotatable bonds is 8. The molecule has 0 radical (unpaired) electrons. The van der Waals surface area contributed by atoms with Gasteiger partial charge in [0.15, 0.2) is 0 Å². The predicted octanol–water partition coefficient (Wildman–Crippen LogP) is 2.89. The van der Waals surface area contributed by atoms with Crippen LogP contribution in [0.4, 0.5) is 5.69 Å². The molecule has 166 valence electrons. The SMILES string of the molecule is COc1ccc(NS(=O)(=O)c2cc(C(=O)NCCC(=O)N3CCCC3)ccc2Cl)cc1. The van der Waals surface area contributed by atoms with Crippen LogP contribution in [0.3, 0.4) is 0 Å². The lowest BCUT2D eigenvalue weighted by atomic mass is 10.2. The highest BCUT2D eigenvalue weighted by Gasteiger charge is 2.21. The molecule has 2 amide bonds. The maximum absolute atomic E-state index is 12.8. The minimum atomic E-state index is -4.03. The normalized spacial score (nSPS) is 13.7. The molecule has 1 aliphatic rings. The second-order valence-electron chi connectivity index (χ2n) is 7.07. The van der Waals surface area contributed by atoms with Gasteiger partial charge in [0.1, 0.15) is 10.6 Å². The average molecular weight is 466 g/mol. The van der Waals surface area contributed by atoms with Gasteiger partial charge >= 0.3 is 0 Å². The number of anilines is 1. The Kier molecular flexibility index (Phi) is 7.40. The van der Waals surface area contributed by atoms with Gasteiger partial charge in [-0.3, -0.25) is 14.3 Å². The third kappa shape index (κ3) is 5.89. The van der Waals surface area contributed by atoms with Gasteiger partial charge in [0.25, 0.3) is 15.9 Å². The van der Waals surface area contributed by atoms with Gasteiger partial charge in [-0.2, -0.15) is 0 Å². The Hall–Kier alpha value is -2.78. The van der Waals surface area contributed by atoms with Gasteiger partial charge in [0.2, 0.25) is 5.91 Å². The first-order valence-electron chi connectivity index (χ1n) is 9.82. The van der Waals surface area contributed by atoms with E-state index in [-0.39, 0.29) is 34.4 Å². The molecule has 0 aliphatic carbocycles. The van der Waals surface area contributed by atoms with Crippen LogP contribution in [0.1, 0.15) is 29.6 Å². The van der Waals surface area contributed by atoms with Gasteiger partial charge in [0.05, 0.1) is 12.1 Å². The van der Waals surface area contributed by atoms with Crippen molar-refractivity contribution in [3.8, 4) is 5.75 Å². The Labute approximate surface area is 186 Å². The topological polar surface area (TPSA) is 105 Å². The number of hydrogen-bond donors (Lipinski definition) is 2. The first kappa shape index (κ1) is 22.9. The fraction of sp³-hybridized carbons (Fsp3) is 0.333. The van der Waals surface area contributed by atoms with E-state index in [1.54, 1.807) is 29.2 Å². The molecular formula is C21H24ClN3O5S. The number of amides is 2. The molecule has 0 unspecified atom stereocenters. The largest absolute Gasteiger partial charge is 0.497 e. The summed E-state index contributed by atoms with van der Waals surface area (Å²) in [6.07, 6.45) is 2.21. The van der Waals surface area contributed by atoms with Crippen molar-refractivity contribution in [2.45, 2.75) is 24.2 Å². The molecule has 1 aliphatic heterocycles. The number of hydrogen-bond acceptors (Lipinski definition) is 5. The summed E-state index contributed by atoms with van der Waals surface area (Å²) in [5.41, 5.74) is 0.459. The summed E-state index contributed by atoms with van der Waals surface area (Å²) in [6, 6.07) is 10.3. The zero-order valence-corrected chi connectivity index (χ0v) is 18.6. The van der Waals surface area contributed by atoms with E-state index in [2.05, 4.69) is 10.0 Å². The second kappa shape index (κ2) is 10.0. The lowest BCUT2D eigenvalue weighted by Crippen LogP contribution is -2.32. The standard InChI is InChI=1S/C21H24ClN3O5S/c1-30-17-7-5-16(6-8-17)24-31(28,29)19-14-15(4-9-18(19)22)21(27)23-11-10-20(26)25-12-2-3-13-25/h4-9,14,24H,2-3,10-13H2,1H3,(H,23,27). The fourth-order valence-electron chi connectivity index (χ4n) is 3.23. The van der Waals surface area contributed by atoms with E-state index in [0.29, 0.717) is 11.4 Å². The Morgan fingerprint density at radius 2 is 1.77 bits per heavy atom. The summed E-state index contributed by atoms with van der Waals surface area (Å²) >= 11 is 6.10. The number of methoxy groups -OCH3 is 1. The highest BCUT2D eigenvalue weighted by Crippen LogP contribution is 2.26. The van der Waals surface area contributed by atoms with Gasteiger partial charge < -0.3 is 15.0 Å². The number of carbonyl (C=O) groups is 2. The Bertz CT molecular complexity index is 1050. The second-order valence-corrected chi connectivity index (χ2v) is 9.13. The number of likely N-dealkylation sites (tertiary alicyclic amines) is 1. The molecule has 2 aromatic rings. The molecule has 0 aromatic heterocycles. The van der Waals surface area contributed by atoms with Gasteiger partial charge in [-0.05, 0) is 55.3 Å². The fourth-order valence-corrected chi connectivity index (χ4v) is 4.81. The molecule has 10 heteroatoms. The molecule has 1 heterocycles. The van der Waals surface area contributed by atoms with Crippen LogP contribution in [0.25, 0.3) is 0 Å². The van der Waals surface area contributed by atoms with Crippen molar-refractivity contribution in [2.75, 3.05) is 31.5 Å². The van der Waals surface area contributed by atoms with E-state index >= 15 is 0 Å². The van der Waals surface area contributed by atoms with Crippen LogP contribution >= 0.6 is 11.6 Å². The zero-order chi connectivity index (χ0) is 22.4. The molecule has 0 saturated carbocycles. The Morgan fingerprint density at radius 1 is 1.10 bits per heavy atom. The lowest BCUT2D eigenvalue weighted by molar-refractivity contribution is -0.129. The summed E-state index contributed by atoms with van der Waals surface area (Å²) in [4.78, 5) is 26.1. The highest BCUT2D eigenvalue weighted by molar-refractivity contribution is 7.92. The Morgan fingerprint density at radius 3 is 2.42 bits per heavy atom. The van der Waals surface area contributed by atoms with Gasteiger partial charge in [0, 0.05) is 37.3 Å². The monoisotopic (exact) mass is 465 g/mol. The number of sulfonamides is 1. The Balaban J connectivity index is 1.66. The van der Waals surface area contributed by atoms with E-state index in [0.717, 1.165) is 25.9 Å². The minimum Gasteiger partial charge on any atom is -0.497 e. The van der Waals surface area contributed by atoms with Gasteiger partial charge in [-0.25, -0.2) is 8.42 Å². The van der Waals surface area contributed by atoms with E-state index in [9.17, 15) is 18.0 Å². The third-order valence-electron chi connectivity index (χ3n) is 4.91. The van der Waals surface area contributed by atoms with Crippen LogP contribution in [-0.4, -0.2) is 51.9 Å². The summed E-state index contributed by atoms with van der Waals surface area (Å²) in [7, 11) is -2.52. The zero-order valence-electron chi connectivity index (χ0n) is 17.1. The van der Waals surface area contributed by atoms with Crippen molar-refractivity contribution in [1.29, 1.82) is 0 Å². The van der Waals surface area contributed by atoms with Crippen LogP contribution in [0, 0.1) is 0 Å². The quantitative estimate of drug-likeness (QED) is 0.623. The van der Waals surface area contributed by atoms with Crippen molar-refractivity contribution in [2.24, 2.45) is 0 Å². The molecule has 0 atom stereocenters. The van der Waals surface area contributed by atoms with Crippen LogP contribution in [0.2, 0.25) is 5.02 Å². The van der Waals surface area contributed by atoms with Crippen molar-refractivity contribution in [3.05, 3.63) is 53.1 Å². The molecule has 0 bridgehead atoms. The number of halogens is 1. The third-order valence-corrected chi connectivity index (χ3v) is 6.77. The van der Waals surface area contributed by atoms with E-state index in [1.807, 2.05) is 0 Å². The smallest absolute Gasteiger partial charge is 0.263 e. The highest BCUT2D eigenvalue weighted by atomic mass is 35.5. The molecular weight excluding hydrogens is 442 g/mol. The van der Waals surface area contributed by atoms with Crippen molar-refractivity contribution >= 4 is 39.1 Å². The van der Waals surface area contributed by atoms with E-state index < -0.39 is 15.9 Å². The molecule has 1 saturated heterocycles.